The Hall–Kier alpha value is -2.41. The SMILES string of the molecule is C[C@@H]1CCCCN1c1cc(N2CCCC2)nc(NC(=S)NCCCc2ccccc2)n1. The predicted octanol–water partition coefficient (Wildman–Crippen LogP) is 4.37. The Morgan fingerprint density at radius 1 is 1.03 bits per heavy atom. The topological polar surface area (TPSA) is 56.3 Å². The van der Waals surface area contributed by atoms with Gasteiger partial charge in [0.1, 0.15) is 11.6 Å². The number of anilines is 3. The summed E-state index contributed by atoms with van der Waals surface area (Å²) in [6.07, 6.45) is 8.24. The highest BCUT2D eigenvalue weighted by Crippen LogP contribution is 2.28. The first-order valence-corrected chi connectivity index (χ1v) is 12.1. The van der Waals surface area contributed by atoms with Crippen molar-refractivity contribution in [3.05, 3.63) is 42.0 Å². The van der Waals surface area contributed by atoms with Crippen LogP contribution in [0.5, 0.6) is 0 Å². The molecule has 6 nitrogen and oxygen atoms in total. The minimum absolute atomic E-state index is 0.506. The maximum absolute atomic E-state index is 5.54. The van der Waals surface area contributed by atoms with Crippen LogP contribution in [-0.2, 0) is 6.42 Å². The fraction of sp³-hybridized carbons (Fsp3) is 0.542. The molecule has 2 aliphatic heterocycles. The first kappa shape index (κ1) is 21.8. The molecule has 0 aliphatic carbocycles. The summed E-state index contributed by atoms with van der Waals surface area (Å²) in [6.45, 7) is 6.30. The van der Waals surface area contributed by atoms with E-state index in [-0.39, 0.29) is 0 Å². The van der Waals surface area contributed by atoms with E-state index in [1.165, 1.54) is 37.7 Å². The van der Waals surface area contributed by atoms with Crippen LogP contribution in [0.3, 0.4) is 0 Å². The first-order chi connectivity index (χ1) is 15.2. The van der Waals surface area contributed by atoms with Crippen LogP contribution in [0.25, 0.3) is 0 Å². The summed E-state index contributed by atoms with van der Waals surface area (Å²) >= 11 is 5.54. The number of hydrogen-bond acceptors (Lipinski definition) is 5. The number of benzene rings is 1. The Balaban J connectivity index is 1.39. The summed E-state index contributed by atoms with van der Waals surface area (Å²) < 4.78 is 0. The number of nitrogens with one attached hydrogen (secondary N) is 2. The second-order valence-electron chi connectivity index (χ2n) is 8.61. The Morgan fingerprint density at radius 3 is 2.55 bits per heavy atom. The van der Waals surface area contributed by atoms with Crippen LogP contribution in [0.4, 0.5) is 17.6 Å². The molecule has 0 saturated carbocycles. The Kier molecular flexibility index (Phi) is 7.57. The third kappa shape index (κ3) is 6.06. The van der Waals surface area contributed by atoms with Crippen LogP contribution in [0.1, 0.15) is 51.0 Å². The van der Waals surface area contributed by atoms with E-state index in [1.807, 2.05) is 0 Å². The molecule has 1 atom stereocenters. The van der Waals surface area contributed by atoms with Crippen molar-refractivity contribution < 1.29 is 0 Å². The molecule has 0 amide bonds. The lowest BCUT2D eigenvalue weighted by Crippen LogP contribution is -2.38. The molecule has 0 spiro atoms. The number of aryl methyl sites for hydroxylation is 1. The van der Waals surface area contributed by atoms with E-state index >= 15 is 0 Å². The third-order valence-electron chi connectivity index (χ3n) is 6.22. The fourth-order valence-corrected chi connectivity index (χ4v) is 4.65. The zero-order chi connectivity index (χ0) is 21.5. The zero-order valence-electron chi connectivity index (χ0n) is 18.5. The summed E-state index contributed by atoms with van der Waals surface area (Å²) in [5.74, 6) is 2.62. The average Bonchev–Trinajstić information content (AvgIpc) is 3.33. The van der Waals surface area contributed by atoms with Crippen molar-refractivity contribution in [3.8, 4) is 0 Å². The maximum atomic E-state index is 5.54. The fourth-order valence-electron chi connectivity index (χ4n) is 4.46. The third-order valence-corrected chi connectivity index (χ3v) is 6.47. The van der Waals surface area contributed by atoms with E-state index in [4.69, 9.17) is 22.2 Å². The molecule has 1 aromatic carbocycles. The van der Waals surface area contributed by atoms with E-state index < -0.39 is 0 Å². The van der Waals surface area contributed by atoms with Crippen molar-refractivity contribution in [2.24, 2.45) is 0 Å². The van der Waals surface area contributed by atoms with Gasteiger partial charge < -0.3 is 20.4 Å². The second kappa shape index (κ2) is 10.8. The van der Waals surface area contributed by atoms with Crippen LogP contribution < -0.4 is 20.4 Å². The van der Waals surface area contributed by atoms with Crippen molar-refractivity contribution in [2.45, 2.75) is 57.9 Å². The van der Waals surface area contributed by atoms with Gasteiger partial charge in [-0.1, -0.05) is 30.3 Å². The van der Waals surface area contributed by atoms with E-state index in [1.54, 1.807) is 0 Å². The molecule has 4 rings (SSSR count). The summed E-state index contributed by atoms with van der Waals surface area (Å²) in [5.41, 5.74) is 1.35. The molecule has 31 heavy (non-hydrogen) atoms. The van der Waals surface area contributed by atoms with Gasteiger partial charge in [-0.05, 0) is 69.7 Å². The van der Waals surface area contributed by atoms with Crippen molar-refractivity contribution >= 4 is 34.9 Å². The van der Waals surface area contributed by atoms with Crippen molar-refractivity contribution in [3.63, 3.8) is 0 Å². The number of rotatable bonds is 7. The summed E-state index contributed by atoms with van der Waals surface area (Å²) in [6, 6.07) is 13.2. The molecule has 0 bridgehead atoms. The molecule has 2 saturated heterocycles. The highest BCUT2D eigenvalue weighted by atomic mass is 32.1. The number of piperidine rings is 1. The monoisotopic (exact) mass is 438 g/mol. The lowest BCUT2D eigenvalue weighted by atomic mass is 10.0. The summed E-state index contributed by atoms with van der Waals surface area (Å²) in [5, 5.41) is 7.14. The number of aromatic nitrogens is 2. The molecule has 2 aromatic rings. The quantitative estimate of drug-likeness (QED) is 0.492. The molecule has 0 radical (unpaired) electrons. The first-order valence-electron chi connectivity index (χ1n) is 11.7. The van der Waals surface area contributed by atoms with Gasteiger partial charge in [-0.15, -0.1) is 0 Å². The zero-order valence-corrected chi connectivity index (χ0v) is 19.3. The lowest BCUT2D eigenvalue weighted by molar-refractivity contribution is 0.481. The van der Waals surface area contributed by atoms with Crippen LogP contribution in [0, 0.1) is 0 Å². The predicted molar refractivity (Wildman–Crippen MR) is 133 cm³/mol. The highest BCUT2D eigenvalue weighted by molar-refractivity contribution is 7.80. The Morgan fingerprint density at radius 2 is 1.77 bits per heavy atom. The summed E-state index contributed by atoms with van der Waals surface area (Å²) in [7, 11) is 0. The number of thiocarbonyl (C=S) groups is 1. The van der Waals surface area contributed by atoms with E-state index in [2.05, 4.69) is 63.8 Å². The summed E-state index contributed by atoms with van der Waals surface area (Å²) in [4.78, 5) is 14.4. The van der Waals surface area contributed by atoms with E-state index in [0.29, 0.717) is 17.1 Å². The molecule has 0 unspecified atom stereocenters. The van der Waals surface area contributed by atoms with E-state index in [0.717, 1.165) is 50.7 Å². The van der Waals surface area contributed by atoms with Crippen LogP contribution in [-0.4, -0.2) is 47.3 Å². The number of hydrogen-bond donors (Lipinski definition) is 2. The van der Waals surface area contributed by atoms with Crippen LogP contribution in [0.2, 0.25) is 0 Å². The Bertz CT molecular complexity index is 852. The molecule has 166 valence electrons. The highest BCUT2D eigenvalue weighted by Gasteiger charge is 2.23. The number of nitrogens with zero attached hydrogens (tertiary/aromatic N) is 4. The average molecular weight is 439 g/mol. The molecule has 2 N–H and O–H groups in total. The normalized spacial score (nSPS) is 18.8. The smallest absolute Gasteiger partial charge is 0.232 e. The van der Waals surface area contributed by atoms with Crippen molar-refractivity contribution in [2.75, 3.05) is 41.3 Å². The van der Waals surface area contributed by atoms with Gasteiger partial charge in [-0.25, -0.2) is 0 Å². The molecule has 1 aromatic heterocycles. The van der Waals surface area contributed by atoms with Gasteiger partial charge in [0, 0.05) is 38.3 Å². The molecular formula is C24H34N6S. The minimum Gasteiger partial charge on any atom is -0.362 e. The molecule has 3 heterocycles. The van der Waals surface area contributed by atoms with Gasteiger partial charge in [0.15, 0.2) is 5.11 Å². The maximum Gasteiger partial charge on any atom is 0.232 e. The standard InChI is InChI=1S/C24H34N6S/c1-19-10-5-6-17-30(19)22-18-21(29-15-7-8-16-29)26-23(27-22)28-24(31)25-14-9-13-20-11-3-2-4-12-20/h2-4,11-12,18-19H,5-10,13-17H2,1H3,(H2,25,26,27,28,31)/t19-/m1/s1. The second-order valence-corrected chi connectivity index (χ2v) is 9.02. The molecule has 2 fully saturated rings. The van der Waals surface area contributed by atoms with Gasteiger partial charge in [0.05, 0.1) is 0 Å². The molecular weight excluding hydrogens is 404 g/mol. The van der Waals surface area contributed by atoms with Crippen molar-refractivity contribution in [1.82, 2.24) is 15.3 Å². The van der Waals surface area contributed by atoms with Gasteiger partial charge >= 0.3 is 0 Å². The largest absolute Gasteiger partial charge is 0.362 e. The van der Waals surface area contributed by atoms with Gasteiger partial charge in [-0.2, -0.15) is 9.97 Å². The lowest BCUT2D eigenvalue weighted by Gasteiger charge is -2.35. The molecule has 7 heteroatoms. The van der Waals surface area contributed by atoms with Gasteiger partial charge in [0.2, 0.25) is 5.95 Å². The molecule has 2 aliphatic rings. The Labute approximate surface area is 191 Å². The van der Waals surface area contributed by atoms with Gasteiger partial charge in [0.25, 0.3) is 0 Å². The van der Waals surface area contributed by atoms with Gasteiger partial charge in [-0.3, -0.25) is 0 Å². The van der Waals surface area contributed by atoms with Crippen LogP contribution in [0.15, 0.2) is 36.4 Å². The minimum atomic E-state index is 0.506. The van der Waals surface area contributed by atoms with E-state index in [9.17, 15) is 0 Å². The van der Waals surface area contributed by atoms with Crippen LogP contribution >= 0.6 is 12.2 Å². The van der Waals surface area contributed by atoms with Crippen molar-refractivity contribution in [1.29, 1.82) is 0 Å².